The van der Waals surface area contributed by atoms with Gasteiger partial charge in [-0.25, -0.2) is 9.36 Å². The summed E-state index contributed by atoms with van der Waals surface area (Å²) in [7, 11) is -1.09. The molecule has 0 bridgehead atoms. The second-order valence-electron chi connectivity index (χ2n) is 6.52. The molecule has 0 saturated carbocycles. The molecule has 26 heavy (non-hydrogen) atoms. The Morgan fingerprint density at radius 1 is 1.15 bits per heavy atom. The van der Waals surface area contributed by atoms with Crippen molar-refractivity contribution >= 4 is 10.8 Å². The highest BCUT2D eigenvalue weighted by Gasteiger charge is 2.24. The van der Waals surface area contributed by atoms with Gasteiger partial charge in [-0.3, -0.25) is 4.21 Å². The average molecular weight is 370 g/mol. The first kappa shape index (κ1) is 17.1. The van der Waals surface area contributed by atoms with Crippen molar-refractivity contribution in [1.29, 1.82) is 0 Å². The van der Waals surface area contributed by atoms with Crippen LogP contribution in [0.5, 0.6) is 0 Å². The minimum atomic E-state index is -1.09. The lowest BCUT2D eigenvalue weighted by Gasteiger charge is -2.05. The predicted octanol–water partition coefficient (Wildman–Crippen LogP) is 2.21. The molecule has 2 heterocycles. The number of nitrogens with zero attached hydrogens (tertiary/aromatic N) is 6. The molecule has 1 unspecified atom stereocenters. The summed E-state index contributed by atoms with van der Waals surface area (Å²) in [5, 5.41) is 16.5. The van der Waals surface area contributed by atoms with Crippen LogP contribution in [0.25, 0.3) is 5.69 Å². The van der Waals surface area contributed by atoms with Crippen LogP contribution in [-0.4, -0.2) is 34.2 Å². The number of para-hydroxylation sites is 1. The van der Waals surface area contributed by atoms with E-state index < -0.39 is 10.8 Å². The van der Waals surface area contributed by atoms with Crippen molar-refractivity contribution in [2.75, 3.05) is 0 Å². The first-order chi connectivity index (χ1) is 12.8. The highest BCUT2D eigenvalue weighted by atomic mass is 32.2. The van der Waals surface area contributed by atoms with Crippen LogP contribution in [-0.2, 0) is 41.7 Å². The van der Waals surface area contributed by atoms with Gasteiger partial charge < -0.3 is 0 Å². The zero-order valence-electron chi connectivity index (χ0n) is 14.8. The van der Waals surface area contributed by atoms with Gasteiger partial charge >= 0.3 is 0 Å². The second-order valence-corrected chi connectivity index (χ2v) is 7.98. The standard InChI is InChI=1S/C18H22N6OS/c1-2-11-23-18(19-21-22-23)13-26(25)12-16-15-9-6-10-17(15)24(20-16)14-7-4-3-5-8-14/h3-5,7-8H,2,6,9-13H2,1H3. The molecule has 7 nitrogen and oxygen atoms in total. The third-order valence-corrected chi connectivity index (χ3v) is 5.82. The lowest BCUT2D eigenvalue weighted by Crippen LogP contribution is -2.10. The van der Waals surface area contributed by atoms with E-state index in [-0.39, 0.29) is 0 Å². The minimum absolute atomic E-state index is 0.361. The van der Waals surface area contributed by atoms with Crippen LogP contribution in [0.1, 0.15) is 42.5 Å². The summed E-state index contributed by atoms with van der Waals surface area (Å²) in [5.41, 5.74) is 4.55. The Bertz CT molecular complexity index is 917. The van der Waals surface area contributed by atoms with Crippen LogP contribution in [0.2, 0.25) is 0 Å². The van der Waals surface area contributed by atoms with Crippen LogP contribution in [0.3, 0.4) is 0 Å². The fourth-order valence-corrected chi connectivity index (χ4v) is 4.61. The van der Waals surface area contributed by atoms with Crippen LogP contribution in [0, 0.1) is 0 Å². The van der Waals surface area contributed by atoms with E-state index in [1.165, 1.54) is 11.3 Å². The highest BCUT2D eigenvalue weighted by molar-refractivity contribution is 7.83. The van der Waals surface area contributed by atoms with Gasteiger partial charge in [0.1, 0.15) is 0 Å². The lowest BCUT2D eigenvalue weighted by molar-refractivity contribution is 0.562. The normalized spacial score (nSPS) is 14.5. The Morgan fingerprint density at radius 2 is 2.00 bits per heavy atom. The summed E-state index contributed by atoms with van der Waals surface area (Å²) in [4.78, 5) is 0. The van der Waals surface area contributed by atoms with Gasteiger partial charge in [0.25, 0.3) is 0 Å². The van der Waals surface area contributed by atoms with E-state index in [0.29, 0.717) is 17.3 Å². The molecule has 2 aromatic heterocycles. The summed E-state index contributed by atoms with van der Waals surface area (Å²) in [6, 6.07) is 10.2. The van der Waals surface area contributed by atoms with Crippen molar-refractivity contribution in [2.24, 2.45) is 0 Å². The maximum Gasteiger partial charge on any atom is 0.163 e. The molecular weight excluding hydrogens is 348 g/mol. The van der Waals surface area contributed by atoms with E-state index in [9.17, 15) is 4.21 Å². The third-order valence-electron chi connectivity index (χ3n) is 4.64. The van der Waals surface area contributed by atoms with Gasteiger partial charge in [0, 0.05) is 23.0 Å². The van der Waals surface area contributed by atoms with E-state index >= 15 is 0 Å². The Morgan fingerprint density at radius 3 is 2.81 bits per heavy atom. The number of rotatable bonds is 7. The molecule has 0 aliphatic heterocycles. The number of aryl methyl sites for hydroxylation is 1. The molecule has 1 atom stereocenters. The number of aromatic nitrogens is 6. The topological polar surface area (TPSA) is 78.5 Å². The van der Waals surface area contributed by atoms with E-state index in [4.69, 9.17) is 5.10 Å². The summed E-state index contributed by atoms with van der Waals surface area (Å²) >= 11 is 0. The molecule has 8 heteroatoms. The molecule has 136 valence electrons. The van der Waals surface area contributed by atoms with E-state index in [1.807, 2.05) is 22.9 Å². The first-order valence-electron chi connectivity index (χ1n) is 9.01. The SMILES string of the molecule is CCCn1nnnc1CS(=O)Cc1nn(-c2ccccc2)c2c1CCC2. The summed E-state index contributed by atoms with van der Waals surface area (Å²) in [5.74, 6) is 1.49. The van der Waals surface area contributed by atoms with Crippen LogP contribution < -0.4 is 0 Å². The summed E-state index contributed by atoms with van der Waals surface area (Å²) in [6.45, 7) is 2.82. The van der Waals surface area contributed by atoms with Crippen molar-refractivity contribution in [2.45, 2.75) is 50.7 Å². The van der Waals surface area contributed by atoms with Gasteiger partial charge in [0.15, 0.2) is 5.82 Å². The van der Waals surface area contributed by atoms with Gasteiger partial charge in [0.05, 0.1) is 22.9 Å². The molecule has 0 saturated heterocycles. The van der Waals surface area contributed by atoms with E-state index in [0.717, 1.165) is 43.6 Å². The monoisotopic (exact) mass is 370 g/mol. The largest absolute Gasteiger partial charge is 0.259 e. The third kappa shape index (κ3) is 3.33. The molecule has 0 spiro atoms. The molecule has 0 radical (unpaired) electrons. The molecule has 1 aliphatic rings. The predicted molar refractivity (Wildman–Crippen MR) is 99.2 cm³/mol. The highest BCUT2D eigenvalue weighted by Crippen LogP contribution is 2.28. The van der Waals surface area contributed by atoms with E-state index in [2.05, 4.69) is 34.6 Å². The van der Waals surface area contributed by atoms with Crippen LogP contribution in [0.4, 0.5) is 0 Å². The quantitative estimate of drug-likeness (QED) is 0.637. The zero-order valence-corrected chi connectivity index (χ0v) is 15.7. The van der Waals surface area contributed by atoms with Crippen LogP contribution >= 0.6 is 0 Å². The van der Waals surface area contributed by atoms with Gasteiger partial charge in [0.2, 0.25) is 0 Å². The Labute approximate surface area is 154 Å². The number of tetrazole rings is 1. The molecule has 0 N–H and O–H groups in total. The number of benzene rings is 1. The summed E-state index contributed by atoms with van der Waals surface area (Å²) < 4.78 is 16.5. The van der Waals surface area contributed by atoms with Crippen LogP contribution in [0.15, 0.2) is 30.3 Å². The molecule has 1 aliphatic carbocycles. The number of hydrogen-bond donors (Lipinski definition) is 0. The van der Waals surface area contributed by atoms with Gasteiger partial charge in [-0.05, 0) is 53.8 Å². The van der Waals surface area contributed by atoms with Gasteiger partial charge in [-0.2, -0.15) is 5.10 Å². The molecule has 1 aromatic carbocycles. The smallest absolute Gasteiger partial charge is 0.163 e. The second kappa shape index (κ2) is 7.49. The molecule has 3 aromatic rings. The minimum Gasteiger partial charge on any atom is -0.259 e. The number of hydrogen-bond acceptors (Lipinski definition) is 5. The zero-order chi connectivity index (χ0) is 17.9. The molecule has 4 rings (SSSR count). The van der Waals surface area contributed by atoms with E-state index in [1.54, 1.807) is 4.68 Å². The van der Waals surface area contributed by atoms with Crippen molar-refractivity contribution in [3.63, 3.8) is 0 Å². The Balaban J connectivity index is 1.55. The van der Waals surface area contributed by atoms with Crippen molar-refractivity contribution in [1.82, 2.24) is 30.0 Å². The van der Waals surface area contributed by atoms with Crippen molar-refractivity contribution in [3.05, 3.63) is 53.1 Å². The van der Waals surface area contributed by atoms with Crippen molar-refractivity contribution < 1.29 is 4.21 Å². The fourth-order valence-electron chi connectivity index (χ4n) is 3.47. The molecule has 0 fully saturated rings. The Hall–Kier alpha value is -2.35. The van der Waals surface area contributed by atoms with Crippen molar-refractivity contribution in [3.8, 4) is 5.69 Å². The molecular formula is C18H22N6OS. The fraction of sp³-hybridized carbons (Fsp3) is 0.444. The average Bonchev–Trinajstić information content (AvgIpc) is 3.35. The van der Waals surface area contributed by atoms with Gasteiger partial charge in [-0.1, -0.05) is 25.1 Å². The lowest BCUT2D eigenvalue weighted by atomic mass is 10.2. The maximum atomic E-state index is 12.7. The number of fused-ring (bicyclic) bond motifs is 1. The Kier molecular flexibility index (Phi) is 4.92. The van der Waals surface area contributed by atoms with Gasteiger partial charge in [-0.15, -0.1) is 5.10 Å². The maximum absolute atomic E-state index is 12.7. The summed E-state index contributed by atoms with van der Waals surface area (Å²) in [6.07, 6.45) is 4.12. The first-order valence-corrected chi connectivity index (χ1v) is 10.5. The molecule has 0 amide bonds.